The molecule has 0 radical (unpaired) electrons. The van der Waals surface area contributed by atoms with E-state index >= 15 is 0 Å². The number of carbonyl (C=O) groups excluding carboxylic acids is 5. The summed E-state index contributed by atoms with van der Waals surface area (Å²) in [7, 11) is 0. The lowest BCUT2D eigenvalue weighted by Crippen LogP contribution is -2.59. The average Bonchev–Trinajstić information content (AvgIpc) is 3.93. The first-order chi connectivity index (χ1) is 27.6. The van der Waals surface area contributed by atoms with Gasteiger partial charge in [-0.15, -0.1) is 0 Å². The number of hydrogen-bond acceptors (Lipinski definition) is 8. The third-order valence-corrected chi connectivity index (χ3v) is 9.08. The predicted molar refractivity (Wildman–Crippen MR) is 198 cm³/mol. The molecule has 2 aliphatic rings. The number of epoxide rings is 1. The van der Waals surface area contributed by atoms with Gasteiger partial charge in [0, 0.05) is 29.1 Å². The number of ketones is 1. The Kier molecular flexibility index (Phi) is 11.9. The van der Waals surface area contributed by atoms with Gasteiger partial charge >= 0.3 is 0 Å². The molecule has 0 spiro atoms. The highest BCUT2D eigenvalue weighted by Gasteiger charge is 2.50. The van der Waals surface area contributed by atoms with Crippen LogP contribution in [0.4, 0.5) is 0 Å². The van der Waals surface area contributed by atoms with E-state index in [2.05, 4.69) is 21.3 Å². The molecule has 0 aromatic heterocycles. The minimum Gasteiger partial charge on any atom is -0.379 e. The van der Waals surface area contributed by atoms with Crippen LogP contribution in [0.5, 0.6) is 0 Å². The van der Waals surface area contributed by atoms with E-state index in [1.54, 1.807) is 30.3 Å². The Morgan fingerprint density at radius 2 is 1.35 bits per heavy atom. The zero-order valence-electron chi connectivity index (χ0n) is 37.2. The Morgan fingerprint density at radius 3 is 1.94 bits per heavy atom. The van der Waals surface area contributed by atoms with Crippen molar-refractivity contribution in [3.8, 4) is 0 Å². The topological polar surface area (TPSA) is 158 Å². The van der Waals surface area contributed by atoms with Crippen molar-refractivity contribution in [2.45, 2.75) is 96.3 Å². The van der Waals surface area contributed by atoms with Crippen LogP contribution in [0.3, 0.4) is 0 Å². The number of amides is 4. The number of morpholine rings is 1. The monoisotopic (exact) mass is 726 g/mol. The zero-order valence-corrected chi connectivity index (χ0v) is 30.2. The maximum Gasteiger partial charge on any atom is 0.243 e. The van der Waals surface area contributed by atoms with Crippen LogP contribution in [0.25, 0.3) is 0 Å². The minimum atomic E-state index is -3.38. The molecule has 4 N–H and O–H groups in total. The Morgan fingerprint density at radius 1 is 0.788 bits per heavy atom. The second-order valence-electron chi connectivity index (χ2n) is 14.1. The van der Waals surface area contributed by atoms with Crippen molar-refractivity contribution in [3.63, 3.8) is 0 Å². The summed E-state index contributed by atoms with van der Waals surface area (Å²) >= 11 is 0. The van der Waals surface area contributed by atoms with Gasteiger partial charge in [0.25, 0.3) is 0 Å². The quantitative estimate of drug-likeness (QED) is 0.152. The number of Topliss-reactive ketones (excluding diaryl/α,β-unsaturated/α-hetero) is 1. The van der Waals surface area contributed by atoms with E-state index in [0.717, 1.165) is 5.56 Å². The lowest BCUT2D eigenvalue weighted by molar-refractivity contribution is -0.135. The highest BCUT2D eigenvalue weighted by Crippen LogP contribution is 2.29. The summed E-state index contributed by atoms with van der Waals surface area (Å²) in [6.07, 6.45) is -0.397. The highest BCUT2D eigenvalue weighted by atomic mass is 16.6. The summed E-state index contributed by atoms with van der Waals surface area (Å²) in [6, 6.07) is 12.6. The summed E-state index contributed by atoms with van der Waals surface area (Å²) in [6.45, 7) is 0.426. The standard InChI is InChI=1S/C40H57N5O7/c1-27(2)22-32(36(47)40(5)26-52-40)42-39(50)34(24-30-14-10-7-11-15-30)44-38(49)33(23-28(3)4)43-37(48)31(17-16-29-12-8-6-9-13-29)41-35(46)25-45-18-20-51-21-19-45/h6-15,27-28,31-34H,16-26H2,1-5H3,(H,41,46)(H,42,50)(H,43,48)(H,44,49)/t31-,32-,33-,34-,40+/m0/s1/i1D3,2D3,27D. The van der Waals surface area contributed by atoms with E-state index < -0.39 is 79.3 Å². The van der Waals surface area contributed by atoms with E-state index in [4.69, 9.17) is 19.1 Å². The number of hydrogen-bond donors (Lipinski definition) is 4. The molecular formula is C40H57N5O7. The van der Waals surface area contributed by atoms with Gasteiger partial charge in [0.15, 0.2) is 5.78 Å². The van der Waals surface area contributed by atoms with E-state index in [-0.39, 0.29) is 44.2 Å². The van der Waals surface area contributed by atoms with Crippen LogP contribution in [0, 0.1) is 11.8 Å². The first-order valence-electron chi connectivity index (χ1n) is 21.4. The fourth-order valence-corrected chi connectivity index (χ4v) is 6.04. The average molecular weight is 727 g/mol. The molecule has 2 saturated heterocycles. The molecule has 5 atom stereocenters. The fourth-order valence-electron chi connectivity index (χ4n) is 6.04. The molecule has 12 heteroatoms. The number of aryl methyl sites for hydroxylation is 1. The summed E-state index contributed by atoms with van der Waals surface area (Å²) in [5.74, 6) is -6.77. The molecule has 0 bridgehead atoms. The molecule has 12 nitrogen and oxygen atoms in total. The van der Waals surface area contributed by atoms with Gasteiger partial charge in [-0.1, -0.05) is 88.2 Å². The lowest BCUT2D eigenvalue weighted by Gasteiger charge is -2.29. The lowest BCUT2D eigenvalue weighted by atomic mass is 9.93. The molecular weight excluding hydrogens is 662 g/mol. The SMILES string of the molecule is [2H]C([2H])([2H])C([2H])(C[C@H](NC(=O)[C@H](Cc1ccccc1)NC(=O)[C@H](CC(C)C)NC(=O)[C@H](CCc1ccccc1)NC(=O)CN1CCOCC1)C(=O)[C@@]1(C)CO1)C([2H])([2H])[2H]. The van der Waals surface area contributed by atoms with Crippen molar-refractivity contribution in [2.75, 3.05) is 39.5 Å². The molecule has 2 aromatic rings. The van der Waals surface area contributed by atoms with Crippen LogP contribution in [-0.2, 0) is 46.3 Å². The maximum absolute atomic E-state index is 14.2. The molecule has 2 aromatic carbocycles. The van der Waals surface area contributed by atoms with Gasteiger partial charge in [-0.3, -0.25) is 28.9 Å². The van der Waals surface area contributed by atoms with Crippen LogP contribution in [0.15, 0.2) is 60.7 Å². The summed E-state index contributed by atoms with van der Waals surface area (Å²) in [5.41, 5.74) is 0.0990. The molecule has 0 unspecified atom stereocenters. The third-order valence-electron chi connectivity index (χ3n) is 9.08. The number of benzene rings is 2. The van der Waals surface area contributed by atoms with E-state index in [0.29, 0.717) is 38.3 Å². The normalized spacial score (nSPS) is 22.3. The van der Waals surface area contributed by atoms with Crippen LogP contribution in [0.1, 0.15) is 74.5 Å². The third kappa shape index (κ3) is 13.1. The van der Waals surface area contributed by atoms with E-state index in [1.165, 1.54) is 6.92 Å². The molecule has 4 amide bonds. The van der Waals surface area contributed by atoms with Gasteiger partial charge in [0.05, 0.1) is 32.4 Å². The zero-order chi connectivity index (χ0) is 43.6. The van der Waals surface area contributed by atoms with Crippen LogP contribution < -0.4 is 21.3 Å². The molecule has 52 heavy (non-hydrogen) atoms. The Balaban J connectivity index is 1.59. The first-order valence-corrected chi connectivity index (χ1v) is 17.9. The van der Waals surface area contributed by atoms with Gasteiger partial charge in [-0.25, -0.2) is 0 Å². The molecule has 284 valence electrons. The molecule has 4 rings (SSSR count). The number of nitrogens with zero attached hydrogens (tertiary/aromatic N) is 1. The second-order valence-corrected chi connectivity index (χ2v) is 14.1. The molecule has 0 aliphatic carbocycles. The highest BCUT2D eigenvalue weighted by molar-refractivity contribution is 5.98. The Bertz CT molecular complexity index is 1720. The van der Waals surface area contributed by atoms with Gasteiger partial charge in [0.2, 0.25) is 23.6 Å². The van der Waals surface area contributed by atoms with Crippen molar-refractivity contribution in [1.82, 2.24) is 26.2 Å². The number of nitrogens with one attached hydrogen (secondary N) is 4. The van der Waals surface area contributed by atoms with Crippen LogP contribution in [-0.4, -0.2) is 104 Å². The van der Waals surface area contributed by atoms with Gasteiger partial charge in [-0.05, 0) is 55.5 Å². The molecule has 2 aliphatic heterocycles. The number of carbonyl (C=O) groups is 5. The van der Waals surface area contributed by atoms with Crippen molar-refractivity contribution in [3.05, 3.63) is 71.8 Å². The number of rotatable bonds is 20. The molecule has 2 heterocycles. The van der Waals surface area contributed by atoms with Crippen LogP contribution >= 0.6 is 0 Å². The van der Waals surface area contributed by atoms with Gasteiger partial charge < -0.3 is 30.7 Å². The number of ether oxygens (including phenoxy) is 2. The molecule has 0 saturated carbocycles. The van der Waals surface area contributed by atoms with Crippen molar-refractivity contribution < 1.29 is 43.0 Å². The predicted octanol–water partition coefficient (Wildman–Crippen LogP) is 2.58. The van der Waals surface area contributed by atoms with Gasteiger partial charge in [-0.2, -0.15) is 0 Å². The van der Waals surface area contributed by atoms with Gasteiger partial charge in [0.1, 0.15) is 23.7 Å². The van der Waals surface area contributed by atoms with Crippen LogP contribution in [0.2, 0.25) is 0 Å². The summed E-state index contributed by atoms with van der Waals surface area (Å²) < 4.78 is 66.8. The minimum absolute atomic E-state index is 0.0551. The maximum atomic E-state index is 14.2. The Hall–Kier alpha value is -4.13. The van der Waals surface area contributed by atoms with E-state index in [1.807, 2.05) is 49.1 Å². The first kappa shape index (κ1) is 31.4. The summed E-state index contributed by atoms with van der Waals surface area (Å²) in [4.78, 5) is 71.3. The Labute approximate surface area is 318 Å². The molecule has 2 fully saturated rings. The largest absolute Gasteiger partial charge is 0.379 e. The van der Waals surface area contributed by atoms with E-state index in [9.17, 15) is 24.0 Å². The smallest absolute Gasteiger partial charge is 0.243 e. The van der Waals surface area contributed by atoms with Crippen molar-refractivity contribution in [2.24, 2.45) is 11.8 Å². The fraction of sp³-hybridized carbons (Fsp3) is 0.575. The summed E-state index contributed by atoms with van der Waals surface area (Å²) in [5, 5.41) is 10.8. The van der Waals surface area contributed by atoms with Crippen molar-refractivity contribution >= 4 is 29.4 Å². The van der Waals surface area contributed by atoms with Crippen molar-refractivity contribution in [1.29, 1.82) is 0 Å². The second kappa shape index (κ2) is 19.6.